The first-order valence-corrected chi connectivity index (χ1v) is 9.41. The van der Waals surface area contributed by atoms with E-state index < -0.39 is 0 Å². The zero-order valence-electron chi connectivity index (χ0n) is 15.2. The van der Waals surface area contributed by atoms with Gasteiger partial charge in [0.2, 0.25) is 0 Å². The Hall–Kier alpha value is -3.27. The number of pyridine rings is 1. The van der Waals surface area contributed by atoms with Gasteiger partial charge in [0.25, 0.3) is 0 Å². The van der Waals surface area contributed by atoms with Crippen LogP contribution in [0.25, 0.3) is 22.2 Å². The molecule has 0 atom stereocenters. The van der Waals surface area contributed by atoms with Gasteiger partial charge in [0.05, 0.1) is 16.9 Å². The summed E-state index contributed by atoms with van der Waals surface area (Å²) in [6, 6.07) is 21.5. The predicted molar refractivity (Wildman–Crippen MR) is 109 cm³/mol. The third-order valence-electron chi connectivity index (χ3n) is 5.27. The van der Waals surface area contributed by atoms with Crippen LogP contribution in [-0.4, -0.2) is 11.5 Å². The van der Waals surface area contributed by atoms with Crippen LogP contribution in [0.4, 0.5) is 20.2 Å². The Balaban J connectivity index is 1.75. The van der Waals surface area contributed by atoms with Gasteiger partial charge < -0.3 is 4.90 Å². The summed E-state index contributed by atoms with van der Waals surface area (Å²) >= 11 is 0. The molecule has 3 aromatic carbocycles. The molecular weight excluding hydrogens is 354 g/mol. The molecule has 0 fully saturated rings. The molecule has 0 saturated heterocycles. The molecular formula is C24H18F2N2. The van der Waals surface area contributed by atoms with Crippen LogP contribution in [0.1, 0.15) is 12.0 Å². The van der Waals surface area contributed by atoms with E-state index in [4.69, 9.17) is 4.98 Å². The minimum atomic E-state index is -0.273. The molecule has 0 radical (unpaired) electrons. The number of benzene rings is 3. The topological polar surface area (TPSA) is 16.1 Å². The summed E-state index contributed by atoms with van der Waals surface area (Å²) in [6.45, 7) is 0.826. The number of nitrogens with zero attached hydrogens (tertiary/aromatic N) is 2. The van der Waals surface area contributed by atoms with E-state index in [1.54, 1.807) is 18.2 Å². The summed E-state index contributed by atoms with van der Waals surface area (Å²) in [5, 5.41) is 1.04. The number of aromatic nitrogens is 1. The van der Waals surface area contributed by atoms with E-state index in [0.717, 1.165) is 58.5 Å². The first-order chi connectivity index (χ1) is 13.7. The molecule has 0 amide bonds. The highest BCUT2D eigenvalue weighted by Gasteiger charge is 2.23. The number of halogens is 2. The summed E-state index contributed by atoms with van der Waals surface area (Å²) in [7, 11) is 0. The quantitative estimate of drug-likeness (QED) is 0.413. The summed E-state index contributed by atoms with van der Waals surface area (Å²) in [5.41, 5.74) is 5.52. The van der Waals surface area contributed by atoms with Gasteiger partial charge in [-0.25, -0.2) is 13.8 Å². The molecule has 1 aromatic heterocycles. The molecule has 0 bridgehead atoms. The highest BCUT2D eigenvalue weighted by atomic mass is 19.1. The number of hydrogen-bond acceptors (Lipinski definition) is 2. The lowest BCUT2D eigenvalue weighted by atomic mass is 9.99. The third-order valence-corrected chi connectivity index (χ3v) is 5.27. The maximum atomic E-state index is 13.7. The van der Waals surface area contributed by atoms with E-state index in [1.807, 2.05) is 30.3 Å². The van der Waals surface area contributed by atoms with Crippen molar-refractivity contribution >= 4 is 22.3 Å². The third kappa shape index (κ3) is 2.91. The van der Waals surface area contributed by atoms with Gasteiger partial charge in [0, 0.05) is 23.2 Å². The average molecular weight is 372 g/mol. The lowest BCUT2D eigenvalue weighted by molar-refractivity contribution is 0.622. The van der Waals surface area contributed by atoms with Gasteiger partial charge in [0.15, 0.2) is 0 Å². The summed E-state index contributed by atoms with van der Waals surface area (Å²) < 4.78 is 27.2. The smallest absolute Gasteiger partial charge is 0.123 e. The minimum absolute atomic E-state index is 0.212. The summed E-state index contributed by atoms with van der Waals surface area (Å²) in [4.78, 5) is 7.11. The fourth-order valence-corrected chi connectivity index (χ4v) is 3.95. The fraction of sp³-hybridized carbons (Fsp3) is 0.125. The van der Waals surface area contributed by atoms with Crippen LogP contribution in [0.5, 0.6) is 0 Å². The van der Waals surface area contributed by atoms with Crippen molar-refractivity contribution in [3.8, 4) is 11.3 Å². The second-order valence-electron chi connectivity index (χ2n) is 7.08. The van der Waals surface area contributed by atoms with E-state index in [2.05, 4.69) is 11.0 Å². The maximum absolute atomic E-state index is 13.7. The number of hydrogen-bond donors (Lipinski definition) is 0. The van der Waals surface area contributed by atoms with Crippen molar-refractivity contribution in [3.05, 3.63) is 90.0 Å². The lowest BCUT2D eigenvalue weighted by Gasteiger charge is -2.32. The van der Waals surface area contributed by atoms with Gasteiger partial charge in [-0.3, -0.25) is 0 Å². The van der Waals surface area contributed by atoms with Gasteiger partial charge in [-0.1, -0.05) is 18.2 Å². The Labute approximate surface area is 162 Å². The average Bonchev–Trinajstić information content (AvgIpc) is 2.73. The van der Waals surface area contributed by atoms with Gasteiger partial charge in [-0.2, -0.15) is 0 Å². The van der Waals surface area contributed by atoms with Crippen LogP contribution in [0.3, 0.4) is 0 Å². The van der Waals surface area contributed by atoms with Crippen molar-refractivity contribution in [2.45, 2.75) is 12.8 Å². The molecule has 0 saturated carbocycles. The van der Waals surface area contributed by atoms with Crippen molar-refractivity contribution in [3.63, 3.8) is 0 Å². The number of rotatable bonds is 2. The van der Waals surface area contributed by atoms with Gasteiger partial charge in [-0.15, -0.1) is 0 Å². The standard InChI is InChI=1S/C24H18F2N2/c25-19-9-7-16(8-10-19)24-23(15-17-4-1-2-6-21(17)27-24)28-13-3-5-18-14-20(26)11-12-22(18)28/h1-2,4,6-12,14-15H,3,5,13H2. The molecule has 0 aliphatic carbocycles. The predicted octanol–water partition coefficient (Wildman–Crippen LogP) is 6.26. The summed E-state index contributed by atoms with van der Waals surface area (Å²) in [5.74, 6) is -0.485. The largest absolute Gasteiger partial charge is 0.339 e. The van der Waals surface area contributed by atoms with Crippen LogP contribution in [0.15, 0.2) is 72.8 Å². The maximum Gasteiger partial charge on any atom is 0.123 e. The SMILES string of the molecule is Fc1ccc(-c2nc3ccccc3cc2N2CCCc3cc(F)ccc32)cc1. The number of para-hydroxylation sites is 1. The van der Waals surface area contributed by atoms with Gasteiger partial charge in [0.1, 0.15) is 11.6 Å². The van der Waals surface area contributed by atoms with Crippen LogP contribution >= 0.6 is 0 Å². The van der Waals surface area contributed by atoms with Crippen molar-refractivity contribution in [1.29, 1.82) is 0 Å². The molecule has 1 aliphatic heterocycles. The normalized spacial score (nSPS) is 13.6. The van der Waals surface area contributed by atoms with E-state index >= 15 is 0 Å². The first kappa shape index (κ1) is 16.9. The molecule has 5 rings (SSSR count). The van der Waals surface area contributed by atoms with Crippen LogP contribution < -0.4 is 4.90 Å². The molecule has 0 N–H and O–H groups in total. The fourth-order valence-electron chi connectivity index (χ4n) is 3.95. The molecule has 4 aromatic rings. The second-order valence-corrected chi connectivity index (χ2v) is 7.08. The highest BCUT2D eigenvalue weighted by Crippen LogP contribution is 2.40. The van der Waals surface area contributed by atoms with Crippen molar-refractivity contribution < 1.29 is 8.78 Å². The monoisotopic (exact) mass is 372 g/mol. The van der Waals surface area contributed by atoms with Crippen LogP contribution in [0, 0.1) is 11.6 Å². The van der Waals surface area contributed by atoms with Gasteiger partial charge in [-0.05, 0) is 73.0 Å². The molecule has 2 heterocycles. The van der Waals surface area contributed by atoms with Crippen LogP contribution in [-0.2, 0) is 6.42 Å². The van der Waals surface area contributed by atoms with Crippen molar-refractivity contribution in [2.75, 3.05) is 11.4 Å². The molecule has 1 aliphatic rings. The number of aryl methyl sites for hydroxylation is 1. The number of anilines is 2. The van der Waals surface area contributed by atoms with E-state index in [9.17, 15) is 8.78 Å². The molecule has 2 nitrogen and oxygen atoms in total. The second kappa shape index (κ2) is 6.71. The Morgan fingerprint density at radius 2 is 1.57 bits per heavy atom. The van der Waals surface area contributed by atoms with E-state index in [0.29, 0.717) is 0 Å². The molecule has 0 unspecified atom stereocenters. The Kier molecular flexibility index (Phi) is 4.05. The van der Waals surface area contributed by atoms with Gasteiger partial charge >= 0.3 is 0 Å². The Bertz CT molecular complexity index is 1170. The molecule has 138 valence electrons. The van der Waals surface area contributed by atoms with Crippen molar-refractivity contribution in [2.24, 2.45) is 0 Å². The summed E-state index contributed by atoms with van der Waals surface area (Å²) in [6.07, 6.45) is 1.79. The van der Waals surface area contributed by atoms with Crippen LogP contribution in [0.2, 0.25) is 0 Å². The zero-order valence-corrected chi connectivity index (χ0v) is 15.2. The van der Waals surface area contributed by atoms with E-state index in [1.165, 1.54) is 18.2 Å². The lowest BCUT2D eigenvalue weighted by Crippen LogP contribution is -2.25. The zero-order chi connectivity index (χ0) is 19.1. The number of fused-ring (bicyclic) bond motifs is 2. The highest BCUT2D eigenvalue weighted by molar-refractivity contribution is 5.91. The Morgan fingerprint density at radius 3 is 2.43 bits per heavy atom. The first-order valence-electron chi connectivity index (χ1n) is 9.41. The Morgan fingerprint density at radius 1 is 0.786 bits per heavy atom. The van der Waals surface area contributed by atoms with E-state index in [-0.39, 0.29) is 11.6 Å². The van der Waals surface area contributed by atoms with Crippen molar-refractivity contribution in [1.82, 2.24) is 4.98 Å². The molecule has 4 heteroatoms. The minimum Gasteiger partial charge on any atom is -0.339 e. The molecule has 28 heavy (non-hydrogen) atoms. The molecule has 0 spiro atoms.